The summed E-state index contributed by atoms with van der Waals surface area (Å²) < 4.78 is 5.01. The monoisotopic (exact) mass is 255 g/mol. The molecule has 1 aromatic heterocycles. The molecule has 5 nitrogen and oxygen atoms in total. The van der Waals surface area contributed by atoms with Gasteiger partial charge in [0, 0.05) is 17.5 Å². The van der Waals surface area contributed by atoms with Gasteiger partial charge in [-0.15, -0.1) is 11.3 Å². The highest BCUT2D eigenvalue weighted by Crippen LogP contribution is 2.30. The highest BCUT2D eigenvalue weighted by Gasteiger charge is 2.34. The van der Waals surface area contributed by atoms with Crippen molar-refractivity contribution in [1.29, 1.82) is 0 Å². The fourth-order valence-corrected chi connectivity index (χ4v) is 2.39. The first kappa shape index (κ1) is 11.9. The van der Waals surface area contributed by atoms with Gasteiger partial charge in [-0.1, -0.05) is 0 Å². The molecule has 1 aromatic rings. The number of hydrogen-bond donors (Lipinski definition) is 1. The SMILES string of the molecule is COc1csc(C(=O)N(CC(=O)O)C2CC2)c1. The van der Waals surface area contributed by atoms with Crippen molar-refractivity contribution in [1.82, 2.24) is 4.90 Å². The molecule has 17 heavy (non-hydrogen) atoms. The van der Waals surface area contributed by atoms with E-state index in [0.717, 1.165) is 12.8 Å². The number of carboxylic acids is 1. The normalized spacial score (nSPS) is 14.4. The zero-order valence-corrected chi connectivity index (χ0v) is 10.2. The minimum absolute atomic E-state index is 0.0895. The first-order valence-electron chi connectivity index (χ1n) is 5.27. The molecule has 0 radical (unpaired) electrons. The molecule has 1 saturated carbocycles. The summed E-state index contributed by atoms with van der Waals surface area (Å²) in [6.07, 6.45) is 1.78. The Morgan fingerprint density at radius 2 is 2.29 bits per heavy atom. The molecule has 1 aliphatic carbocycles. The minimum atomic E-state index is -0.978. The molecule has 0 aliphatic heterocycles. The molecule has 1 N–H and O–H groups in total. The number of carbonyl (C=O) groups excluding carboxylic acids is 1. The largest absolute Gasteiger partial charge is 0.496 e. The second kappa shape index (κ2) is 4.75. The average Bonchev–Trinajstić information content (AvgIpc) is 3.02. The number of hydrogen-bond acceptors (Lipinski definition) is 4. The maximum Gasteiger partial charge on any atom is 0.323 e. The Morgan fingerprint density at radius 3 is 2.76 bits per heavy atom. The third kappa shape index (κ3) is 2.76. The molecule has 0 bridgehead atoms. The van der Waals surface area contributed by atoms with Crippen LogP contribution in [0.4, 0.5) is 0 Å². The zero-order chi connectivity index (χ0) is 12.4. The Bertz CT molecular complexity index is 438. The van der Waals surface area contributed by atoms with Gasteiger partial charge in [-0.05, 0) is 12.8 Å². The summed E-state index contributed by atoms with van der Waals surface area (Å²) in [4.78, 5) is 24.8. The van der Waals surface area contributed by atoms with Crippen LogP contribution in [0.5, 0.6) is 5.75 Å². The van der Waals surface area contributed by atoms with Gasteiger partial charge in [0.15, 0.2) is 0 Å². The van der Waals surface area contributed by atoms with E-state index in [4.69, 9.17) is 9.84 Å². The molecule has 1 heterocycles. The smallest absolute Gasteiger partial charge is 0.323 e. The molecule has 0 saturated heterocycles. The average molecular weight is 255 g/mol. The number of rotatable bonds is 5. The van der Waals surface area contributed by atoms with Gasteiger partial charge in [0.05, 0.1) is 12.0 Å². The lowest BCUT2D eigenvalue weighted by Crippen LogP contribution is -2.37. The van der Waals surface area contributed by atoms with Crippen molar-refractivity contribution in [3.63, 3.8) is 0 Å². The van der Waals surface area contributed by atoms with Crippen molar-refractivity contribution < 1.29 is 19.4 Å². The molecule has 0 aromatic carbocycles. The molecule has 1 fully saturated rings. The molecule has 92 valence electrons. The summed E-state index contributed by atoms with van der Waals surface area (Å²) in [6.45, 7) is -0.232. The highest BCUT2D eigenvalue weighted by atomic mass is 32.1. The van der Waals surface area contributed by atoms with Crippen LogP contribution in [-0.2, 0) is 4.79 Å². The second-order valence-electron chi connectivity index (χ2n) is 3.91. The maximum absolute atomic E-state index is 12.1. The lowest BCUT2D eigenvalue weighted by atomic mass is 10.3. The molecule has 1 aliphatic rings. The van der Waals surface area contributed by atoms with E-state index in [1.165, 1.54) is 23.3 Å². The molecule has 0 unspecified atom stereocenters. The van der Waals surface area contributed by atoms with Crippen LogP contribution in [0.15, 0.2) is 11.4 Å². The van der Waals surface area contributed by atoms with Gasteiger partial charge >= 0.3 is 5.97 Å². The predicted molar refractivity (Wildman–Crippen MR) is 62.6 cm³/mol. The van der Waals surface area contributed by atoms with Crippen molar-refractivity contribution in [3.05, 3.63) is 16.3 Å². The van der Waals surface area contributed by atoms with Crippen molar-refractivity contribution in [2.45, 2.75) is 18.9 Å². The van der Waals surface area contributed by atoms with Crippen molar-refractivity contribution in [3.8, 4) is 5.75 Å². The Labute approximate surface area is 103 Å². The van der Waals surface area contributed by atoms with Gasteiger partial charge in [-0.2, -0.15) is 0 Å². The predicted octanol–water partition coefficient (Wildman–Crippen LogP) is 1.45. The first-order valence-corrected chi connectivity index (χ1v) is 6.15. The van der Waals surface area contributed by atoms with E-state index in [0.29, 0.717) is 10.6 Å². The van der Waals surface area contributed by atoms with Crippen LogP contribution in [0.3, 0.4) is 0 Å². The molecule has 0 atom stereocenters. The molecular weight excluding hydrogens is 242 g/mol. The summed E-state index contributed by atoms with van der Waals surface area (Å²) in [5.41, 5.74) is 0. The quantitative estimate of drug-likeness (QED) is 0.864. The van der Waals surface area contributed by atoms with Crippen molar-refractivity contribution in [2.24, 2.45) is 0 Å². The Hall–Kier alpha value is -1.56. The molecular formula is C11H13NO4S. The van der Waals surface area contributed by atoms with Crippen molar-refractivity contribution >= 4 is 23.2 Å². The zero-order valence-electron chi connectivity index (χ0n) is 9.38. The van der Waals surface area contributed by atoms with Gasteiger partial charge in [-0.25, -0.2) is 0 Å². The third-order valence-electron chi connectivity index (χ3n) is 2.58. The highest BCUT2D eigenvalue weighted by molar-refractivity contribution is 7.12. The number of thiophene rings is 1. The topological polar surface area (TPSA) is 66.8 Å². The number of ether oxygens (including phenoxy) is 1. The maximum atomic E-state index is 12.1. The molecule has 6 heteroatoms. The Kier molecular flexibility index (Phi) is 3.33. The van der Waals surface area contributed by atoms with Gasteiger partial charge in [0.1, 0.15) is 12.3 Å². The van der Waals surface area contributed by atoms with E-state index in [1.807, 2.05) is 0 Å². The summed E-state index contributed by atoms with van der Waals surface area (Å²) in [7, 11) is 1.53. The number of aliphatic carboxylic acids is 1. The number of nitrogens with zero attached hydrogens (tertiary/aromatic N) is 1. The van der Waals surface area contributed by atoms with Crippen LogP contribution in [0.1, 0.15) is 22.5 Å². The Balaban J connectivity index is 2.12. The third-order valence-corrected chi connectivity index (χ3v) is 3.47. The lowest BCUT2D eigenvalue weighted by molar-refractivity contribution is -0.137. The first-order chi connectivity index (χ1) is 8.11. The fraction of sp³-hybridized carbons (Fsp3) is 0.455. The molecule has 0 spiro atoms. The number of carboxylic acid groups (broad SMARTS) is 1. The van der Waals surface area contributed by atoms with Crippen LogP contribution < -0.4 is 4.74 Å². The van der Waals surface area contributed by atoms with E-state index in [-0.39, 0.29) is 18.5 Å². The van der Waals surface area contributed by atoms with Crippen LogP contribution >= 0.6 is 11.3 Å². The lowest BCUT2D eigenvalue weighted by Gasteiger charge is -2.18. The van der Waals surface area contributed by atoms with E-state index in [1.54, 1.807) is 11.4 Å². The van der Waals surface area contributed by atoms with Gasteiger partial charge < -0.3 is 14.7 Å². The summed E-state index contributed by atoms with van der Waals surface area (Å²) >= 11 is 1.27. The van der Waals surface area contributed by atoms with Gasteiger partial charge in [0.25, 0.3) is 5.91 Å². The van der Waals surface area contributed by atoms with E-state index in [9.17, 15) is 9.59 Å². The molecule has 1 amide bonds. The van der Waals surface area contributed by atoms with E-state index in [2.05, 4.69) is 0 Å². The van der Waals surface area contributed by atoms with E-state index >= 15 is 0 Å². The summed E-state index contributed by atoms with van der Waals surface area (Å²) in [5, 5.41) is 10.5. The van der Waals surface area contributed by atoms with Crippen molar-refractivity contribution in [2.75, 3.05) is 13.7 Å². The van der Waals surface area contributed by atoms with Crippen LogP contribution in [0.25, 0.3) is 0 Å². The summed E-state index contributed by atoms with van der Waals surface area (Å²) in [5.74, 6) is -0.568. The molecule has 2 rings (SSSR count). The van der Waals surface area contributed by atoms with Gasteiger partial charge in [-0.3, -0.25) is 9.59 Å². The van der Waals surface area contributed by atoms with Gasteiger partial charge in [0.2, 0.25) is 0 Å². The number of carbonyl (C=O) groups is 2. The Morgan fingerprint density at radius 1 is 1.59 bits per heavy atom. The standard InChI is InChI=1S/C11H13NO4S/c1-16-8-4-9(17-6-8)11(15)12(5-10(13)14)7-2-3-7/h4,6-7H,2-3,5H2,1H3,(H,13,14). The van der Waals surface area contributed by atoms with Crippen LogP contribution in [-0.4, -0.2) is 41.6 Å². The second-order valence-corrected chi connectivity index (χ2v) is 4.82. The van der Waals surface area contributed by atoms with E-state index < -0.39 is 5.97 Å². The number of methoxy groups -OCH3 is 1. The fourth-order valence-electron chi connectivity index (χ4n) is 1.58. The van der Waals surface area contributed by atoms with Crippen LogP contribution in [0, 0.1) is 0 Å². The minimum Gasteiger partial charge on any atom is -0.496 e. The van der Waals surface area contributed by atoms with Crippen LogP contribution in [0.2, 0.25) is 0 Å². The number of amides is 1. The summed E-state index contributed by atoms with van der Waals surface area (Å²) in [6, 6.07) is 1.73.